The van der Waals surface area contributed by atoms with Crippen LogP contribution in [0, 0.1) is 0 Å². The van der Waals surface area contributed by atoms with E-state index in [1.54, 1.807) is 23.8 Å². The number of halogens is 3. The minimum absolute atomic E-state index is 0.0437. The molecule has 0 bridgehead atoms. The lowest BCUT2D eigenvalue weighted by Crippen LogP contribution is -2.57. The van der Waals surface area contributed by atoms with Crippen LogP contribution in [0.1, 0.15) is 25.3 Å². The van der Waals surface area contributed by atoms with Crippen LogP contribution >= 0.6 is 0 Å². The maximum atomic E-state index is 12.8. The molecule has 0 aliphatic carbocycles. The van der Waals surface area contributed by atoms with Crippen molar-refractivity contribution >= 4 is 5.91 Å². The molecule has 1 fully saturated rings. The first kappa shape index (κ1) is 18.7. The van der Waals surface area contributed by atoms with Crippen LogP contribution in [0.5, 0.6) is 0 Å². The van der Waals surface area contributed by atoms with Crippen LogP contribution in [0.3, 0.4) is 0 Å². The second-order valence-electron chi connectivity index (χ2n) is 6.42. The number of amides is 1. The molecule has 1 aromatic rings. The molecule has 7 heteroatoms. The molecule has 0 saturated carbocycles. The van der Waals surface area contributed by atoms with Gasteiger partial charge in [-0.3, -0.25) is 9.69 Å². The molecule has 24 heavy (non-hydrogen) atoms. The number of carbonyl (C=O) groups excluding carboxylic acids is 1. The van der Waals surface area contributed by atoms with Gasteiger partial charge in [-0.1, -0.05) is 30.3 Å². The monoisotopic (exact) mass is 344 g/mol. The van der Waals surface area contributed by atoms with Gasteiger partial charge in [0, 0.05) is 26.7 Å². The van der Waals surface area contributed by atoms with E-state index >= 15 is 0 Å². The normalized spacial score (nSPS) is 19.8. The summed E-state index contributed by atoms with van der Waals surface area (Å²) in [5, 5.41) is 9.70. The molecule has 1 amide bonds. The third-order valence-corrected chi connectivity index (χ3v) is 4.70. The molecule has 134 valence electrons. The summed E-state index contributed by atoms with van der Waals surface area (Å²) >= 11 is 0. The Labute approximate surface area is 139 Å². The molecular weight excluding hydrogens is 321 g/mol. The maximum Gasteiger partial charge on any atom is 0.417 e. The Bertz CT molecular complexity index is 555. The van der Waals surface area contributed by atoms with Crippen LogP contribution in [0.2, 0.25) is 0 Å². The van der Waals surface area contributed by atoms with E-state index in [0.29, 0.717) is 6.54 Å². The van der Waals surface area contributed by atoms with E-state index < -0.39 is 30.7 Å². The number of hydrogen-bond donors (Lipinski definition) is 1. The lowest BCUT2D eigenvalue weighted by molar-refractivity contribution is -0.273. The zero-order valence-electron chi connectivity index (χ0n) is 13.9. The molecule has 1 aromatic carbocycles. The van der Waals surface area contributed by atoms with Crippen LogP contribution in [0.25, 0.3) is 0 Å². The highest BCUT2D eigenvalue weighted by atomic mass is 19.4. The average Bonchev–Trinajstić information content (AvgIpc) is 2.54. The van der Waals surface area contributed by atoms with E-state index in [-0.39, 0.29) is 19.0 Å². The van der Waals surface area contributed by atoms with Crippen molar-refractivity contribution in [2.75, 3.05) is 20.1 Å². The highest BCUT2D eigenvalue weighted by molar-refractivity contribution is 5.81. The van der Waals surface area contributed by atoms with Gasteiger partial charge >= 0.3 is 6.18 Å². The van der Waals surface area contributed by atoms with Gasteiger partial charge in [0.05, 0.1) is 6.04 Å². The molecule has 4 nitrogen and oxygen atoms in total. The van der Waals surface area contributed by atoms with Crippen molar-refractivity contribution in [3.8, 4) is 0 Å². The molecule has 0 spiro atoms. The molecule has 0 aromatic heterocycles. The van der Waals surface area contributed by atoms with Crippen molar-refractivity contribution in [3.63, 3.8) is 0 Å². The third-order valence-electron chi connectivity index (χ3n) is 4.70. The summed E-state index contributed by atoms with van der Waals surface area (Å²) in [7, 11) is 1.68. The van der Waals surface area contributed by atoms with Gasteiger partial charge in [-0.25, -0.2) is 0 Å². The number of rotatable bonds is 4. The number of nitrogens with zero attached hydrogens (tertiary/aromatic N) is 2. The lowest BCUT2D eigenvalue weighted by atomic mass is 9.90. The van der Waals surface area contributed by atoms with Crippen LogP contribution in [-0.2, 0) is 11.3 Å². The Morgan fingerprint density at radius 3 is 2.33 bits per heavy atom. The molecule has 1 saturated heterocycles. The van der Waals surface area contributed by atoms with Gasteiger partial charge in [-0.2, -0.15) is 13.2 Å². The Morgan fingerprint density at radius 1 is 1.29 bits per heavy atom. The van der Waals surface area contributed by atoms with Crippen molar-refractivity contribution in [2.24, 2.45) is 0 Å². The number of carbonyl (C=O) groups is 1. The fourth-order valence-electron chi connectivity index (χ4n) is 2.98. The zero-order chi connectivity index (χ0) is 18.0. The first-order chi connectivity index (χ1) is 11.1. The average molecular weight is 344 g/mol. The smallest absolute Gasteiger partial charge is 0.380 e. The molecule has 1 aliphatic heterocycles. The Kier molecular flexibility index (Phi) is 5.55. The topological polar surface area (TPSA) is 43.8 Å². The summed E-state index contributed by atoms with van der Waals surface area (Å²) in [6, 6.07) is 8.98. The number of hydrogen-bond acceptors (Lipinski definition) is 3. The Morgan fingerprint density at radius 2 is 1.83 bits per heavy atom. The first-order valence-electron chi connectivity index (χ1n) is 7.96. The van der Waals surface area contributed by atoms with Gasteiger partial charge in [-0.05, 0) is 25.3 Å². The summed E-state index contributed by atoms with van der Waals surface area (Å²) < 4.78 is 38.5. The number of aliphatic hydroxyl groups is 1. The zero-order valence-corrected chi connectivity index (χ0v) is 13.9. The van der Waals surface area contributed by atoms with Gasteiger partial charge in [0.25, 0.3) is 0 Å². The van der Waals surface area contributed by atoms with E-state index in [1.165, 1.54) is 0 Å². The summed E-state index contributed by atoms with van der Waals surface area (Å²) in [6.45, 7) is 2.23. The van der Waals surface area contributed by atoms with Crippen molar-refractivity contribution in [2.45, 2.75) is 44.1 Å². The summed E-state index contributed by atoms with van der Waals surface area (Å²) in [5.41, 5.74) is -1.65. The van der Waals surface area contributed by atoms with Crippen molar-refractivity contribution < 1.29 is 23.1 Å². The van der Waals surface area contributed by atoms with E-state index in [2.05, 4.69) is 0 Å². The van der Waals surface area contributed by atoms with Crippen molar-refractivity contribution in [1.82, 2.24) is 9.80 Å². The number of piperidine rings is 1. The maximum absolute atomic E-state index is 12.8. The van der Waals surface area contributed by atoms with Gasteiger partial charge in [-0.15, -0.1) is 0 Å². The van der Waals surface area contributed by atoms with E-state index in [0.717, 1.165) is 5.56 Å². The second kappa shape index (κ2) is 7.11. The number of benzene rings is 1. The molecule has 1 heterocycles. The minimum atomic E-state index is -4.63. The van der Waals surface area contributed by atoms with Crippen LogP contribution in [-0.4, -0.2) is 58.8 Å². The Balaban J connectivity index is 1.92. The standard InChI is InChI=1S/C17H23F3N2O2/c1-13(15(23)21(2)12-14-6-4-3-5-7-14)22-10-8-16(24,9-11-22)17(18,19)20/h3-7,13,24H,8-12H2,1-2H3. The lowest BCUT2D eigenvalue weighted by Gasteiger charge is -2.41. The second-order valence-corrected chi connectivity index (χ2v) is 6.42. The highest BCUT2D eigenvalue weighted by Crippen LogP contribution is 2.38. The summed E-state index contributed by atoms with van der Waals surface area (Å²) in [6.07, 6.45) is -5.44. The van der Waals surface area contributed by atoms with Gasteiger partial charge in [0.1, 0.15) is 0 Å². The molecule has 1 aliphatic rings. The molecule has 0 radical (unpaired) electrons. The van der Waals surface area contributed by atoms with Crippen LogP contribution < -0.4 is 0 Å². The van der Waals surface area contributed by atoms with E-state index in [9.17, 15) is 23.1 Å². The summed E-state index contributed by atoms with van der Waals surface area (Å²) in [4.78, 5) is 15.8. The fraction of sp³-hybridized carbons (Fsp3) is 0.588. The molecule has 1 N–H and O–H groups in total. The molecule has 2 rings (SSSR count). The summed E-state index contributed by atoms with van der Waals surface area (Å²) in [5.74, 6) is -0.142. The highest BCUT2D eigenvalue weighted by Gasteiger charge is 2.55. The van der Waals surface area contributed by atoms with Gasteiger partial charge in [0.2, 0.25) is 5.91 Å². The Hall–Kier alpha value is -1.60. The molecule has 1 atom stereocenters. The van der Waals surface area contributed by atoms with Crippen LogP contribution in [0.15, 0.2) is 30.3 Å². The van der Waals surface area contributed by atoms with E-state index in [1.807, 2.05) is 30.3 Å². The number of likely N-dealkylation sites (N-methyl/N-ethyl adjacent to an activating group) is 1. The predicted molar refractivity (Wildman–Crippen MR) is 84.2 cm³/mol. The van der Waals surface area contributed by atoms with Gasteiger partial charge < -0.3 is 10.0 Å². The molecular formula is C17H23F3N2O2. The largest absolute Gasteiger partial charge is 0.417 e. The minimum Gasteiger partial charge on any atom is -0.380 e. The van der Waals surface area contributed by atoms with Gasteiger partial charge in [0.15, 0.2) is 5.60 Å². The SMILES string of the molecule is CC(C(=O)N(C)Cc1ccccc1)N1CCC(O)(C(F)(F)F)CC1. The number of likely N-dealkylation sites (tertiary alicyclic amines) is 1. The van der Waals surface area contributed by atoms with E-state index in [4.69, 9.17) is 0 Å². The fourth-order valence-corrected chi connectivity index (χ4v) is 2.98. The quantitative estimate of drug-likeness (QED) is 0.912. The first-order valence-corrected chi connectivity index (χ1v) is 7.96. The van der Waals surface area contributed by atoms with Crippen LogP contribution in [0.4, 0.5) is 13.2 Å². The van der Waals surface area contributed by atoms with Crippen molar-refractivity contribution in [1.29, 1.82) is 0 Å². The molecule has 1 unspecified atom stereocenters. The third kappa shape index (κ3) is 4.08. The predicted octanol–water partition coefficient (Wildman–Crippen LogP) is 2.42. The number of alkyl halides is 3. The van der Waals surface area contributed by atoms with Crippen molar-refractivity contribution in [3.05, 3.63) is 35.9 Å².